The highest BCUT2D eigenvalue weighted by Crippen LogP contribution is 2.30. The Balaban J connectivity index is 1.88. The zero-order valence-electron chi connectivity index (χ0n) is 15.5. The molecule has 1 amide bonds. The van der Waals surface area contributed by atoms with Crippen molar-refractivity contribution < 1.29 is 4.79 Å². The quantitative estimate of drug-likeness (QED) is 0.712. The van der Waals surface area contributed by atoms with Crippen molar-refractivity contribution >= 4 is 27.7 Å². The average Bonchev–Trinajstić information content (AvgIpc) is 2.99. The van der Waals surface area contributed by atoms with Crippen molar-refractivity contribution in [3.05, 3.63) is 40.8 Å². The standard InChI is InChI=1S/C20H24N4O2/c1-13-8-10-23(11-9-13)19(25)14(2)24-17-7-5-4-6-15(17)16-12-21-22(3)20(26)18(16)24/h4-7,12-14H,8-11H2,1-3H3/t14-/m1/s1. The van der Waals surface area contributed by atoms with Gasteiger partial charge in [0.25, 0.3) is 5.56 Å². The van der Waals surface area contributed by atoms with Gasteiger partial charge in [-0.3, -0.25) is 9.59 Å². The van der Waals surface area contributed by atoms with Crippen LogP contribution in [0, 0.1) is 5.92 Å². The second kappa shape index (κ2) is 6.27. The molecule has 1 fully saturated rings. The molecule has 0 bridgehead atoms. The summed E-state index contributed by atoms with van der Waals surface area (Å²) in [5.74, 6) is 0.749. The van der Waals surface area contributed by atoms with Crippen LogP contribution in [0.1, 0.15) is 32.7 Å². The van der Waals surface area contributed by atoms with E-state index in [1.165, 1.54) is 4.68 Å². The number of hydrogen-bond donors (Lipinski definition) is 0. The number of piperidine rings is 1. The Labute approximate surface area is 152 Å². The monoisotopic (exact) mass is 352 g/mol. The fraction of sp³-hybridized carbons (Fsp3) is 0.450. The zero-order valence-corrected chi connectivity index (χ0v) is 15.5. The number of likely N-dealkylation sites (tertiary alicyclic amines) is 1. The van der Waals surface area contributed by atoms with Crippen LogP contribution in [0.4, 0.5) is 0 Å². The summed E-state index contributed by atoms with van der Waals surface area (Å²) in [4.78, 5) is 27.9. The van der Waals surface area contributed by atoms with Crippen molar-refractivity contribution in [1.29, 1.82) is 0 Å². The largest absolute Gasteiger partial charge is 0.341 e. The van der Waals surface area contributed by atoms with Gasteiger partial charge < -0.3 is 9.47 Å². The van der Waals surface area contributed by atoms with Crippen LogP contribution in [0.2, 0.25) is 0 Å². The molecule has 1 aliphatic rings. The molecular weight excluding hydrogens is 328 g/mol. The molecule has 1 aromatic carbocycles. The van der Waals surface area contributed by atoms with Crippen molar-refractivity contribution in [3.8, 4) is 0 Å². The Morgan fingerprint density at radius 3 is 2.62 bits per heavy atom. The molecule has 0 N–H and O–H groups in total. The van der Waals surface area contributed by atoms with E-state index in [9.17, 15) is 9.59 Å². The van der Waals surface area contributed by atoms with Crippen molar-refractivity contribution in [2.75, 3.05) is 13.1 Å². The van der Waals surface area contributed by atoms with E-state index in [4.69, 9.17) is 0 Å². The molecular formula is C20H24N4O2. The second-order valence-corrected chi connectivity index (χ2v) is 7.41. The van der Waals surface area contributed by atoms with Crippen LogP contribution in [0.3, 0.4) is 0 Å². The summed E-state index contributed by atoms with van der Waals surface area (Å²) in [6.07, 6.45) is 3.80. The van der Waals surface area contributed by atoms with Gasteiger partial charge in [-0.2, -0.15) is 5.10 Å². The molecule has 0 spiro atoms. The van der Waals surface area contributed by atoms with Crippen LogP contribution in [-0.4, -0.2) is 38.2 Å². The lowest BCUT2D eigenvalue weighted by Gasteiger charge is -2.32. The van der Waals surface area contributed by atoms with Crippen molar-refractivity contribution in [2.45, 2.75) is 32.7 Å². The predicted molar refractivity (Wildman–Crippen MR) is 102 cm³/mol. The van der Waals surface area contributed by atoms with E-state index in [0.29, 0.717) is 11.4 Å². The molecule has 1 atom stereocenters. The molecule has 3 aromatic rings. The molecule has 2 aromatic heterocycles. The first-order valence-corrected chi connectivity index (χ1v) is 9.22. The molecule has 0 saturated carbocycles. The number of carbonyl (C=O) groups is 1. The van der Waals surface area contributed by atoms with Crippen molar-refractivity contribution in [1.82, 2.24) is 19.2 Å². The third kappa shape index (κ3) is 2.52. The van der Waals surface area contributed by atoms with Gasteiger partial charge in [-0.15, -0.1) is 0 Å². The summed E-state index contributed by atoms with van der Waals surface area (Å²) < 4.78 is 3.23. The van der Waals surface area contributed by atoms with Gasteiger partial charge in [0.2, 0.25) is 5.91 Å². The number of fused-ring (bicyclic) bond motifs is 3. The third-order valence-electron chi connectivity index (χ3n) is 5.65. The Hall–Kier alpha value is -2.63. The number of para-hydroxylation sites is 1. The third-order valence-corrected chi connectivity index (χ3v) is 5.65. The highest BCUT2D eigenvalue weighted by atomic mass is 16.2. The minimum atomic E-state index is -0.430. The van der Waals surface area contributed by atoms with Crippen LogP contribution in [-0.2, 0) is 11.8 Å². The number of rotatable bonds is 2. The van der Waals surface area contributed by atoms with Gasteiger partial charge in [-0.05, 0) is 31.7 Å². The smallest absolute Gasteiger partial charge is 0.291 e. The first-order valence-electron chi connectivity index (χ1n) is 9.22. The summed E-state index contributed by atoms with van der Waals surface area (Å²) in [6, 6.07) is 7.41. The summed E-state index contributed by atoms with van der Waals surface area (Å²) >= 11 is 0. The topological polar surface area (TPSA) is 60.1 Å². The van der Waals surface area contributed by atoms with Gasteiger partial charge in [0.05, 0.1) is 11.7 Å². The number of aryl methyl sites for hydroxylation is 1. The van der Waals surface area contributed by atoms with E-state index in [-0.39, 0.29) is 11.5 Å². The van der Waals surface area contributed by atoms with E-state index in [2.05, 4.69) is 12.0 Å². The van der Waals surface area contributed by atoms with Gasteiger partial charge >= 0.3 is 0 Å². The number of hydrogen-bond acceptors (Lipinski definition) is 3. The number of benzene rings is 1. The number of amides is 1. The van der Waals surface area contributed by atoms with Gasteiger partial charge in [-0.25, -0.2) is 4.68 Å². The summed E-state index contributed by atoms with van der Waals surface area (Å²) in [6.45, 7) is 5.71. The maximum atomic E-state index is 13.2. The Morgan fingerprint density at radius 1 is 1.19 bits per heavy atom. The Bertz CT molecular complexity index is 1040. The first kappa shape index (κ1) is 16.8. The zero-order chi connectivity index (χ0) is 18.4. The molecule has 1 aliphatic heterocycles. The maximum absolute atomic E-state index is 13.2. The molecule has 6 heteroatoms. The minimum absolute atomic E-state index is 0.0819. The summed E-state index contributed by atoms with van der Waals surface area (Å²) in [5.41, 5.74) is 1.28. The minimum Gasteiger partial charge on any atom is -0.341 e. The van der Waals surface area contributed by atoms with Gasteiger partial charge in [-0.1, -0.05) is 25.1 Å². The van der Waals surface area contributed by atoms with Crippen LogP contribution < -0.4 is 5.56 Å². The van der Waals surface area contributed by atoms with E-state index >= 15 is 0 Å². The molecule has 1 saturated heterocycles. The molecule has 4 rings (SSSR count). The highest BCUT2D eigenvalue weighted by molar-refractivity contribution is 6.08. The molecule has 0 aliphatic carbocycles. The normalized spacial score (nSPS) is 17.1. The predicted octanol–water partition coefficient (Wildman–Crippen LogP) is 2.71. The summed E-state index contributed by atoms with van der Waals surface area (Å²) in [7, 11) is 1.64. The summed E-state index contributed by atoms with van der Waals surface area (Å²) in [5, 5.41) is 5.93. The van der Waals surface area contributed by atoms with E-state index < -0.39 is 6.04 Å². The van der Waals surface area contributed by atoms with Crippen LogP contribution in [0.15, 0.2) is 35.3 Å². The Kier molecular flexibility index (Phi) is 4.05. The molecule has 0 radical (unpaired) electrons. The number of aromatic nitrogens is 3. The lowest BCUT2D eigenvalue weighted by molar-refractivity contribution is -0.135. The maximum Gasteiger partial charge on any atom is 0.291 e. The lowest BCUT2D eigenvalue weighted by Crippen LogP contribution is -2.41. The highest BCUT2D eigenvalue weighted by Gasteiger charge is 2.28. The van der Waals surface area contributed by atoms with E-state index in [1.54, 1.807) is 13.2 Å². The van der Waals surface area contributed by atoms with Crippen molar-refractivity contribution in [2.24, 2.45) is 13.0 Å². The molecule has 6 nitrogen and oxygen atoms in total. The molecule has 26 heavy (non-hydrogen) atoms. The number of carbonyl (C=O) groups excluding carboxylic acids is 1. The first-order chi connectivity index (χ1) is 12.5. The fourth-order valence-electron chi connectivity index (χ4n) is 3.99. The van der Waals surface area contributed by atoms with Gasteiger partial charge in [0.15, 0.2) is 0 Å². The second-order valence-electron chi connectivity index (χ2n) is 7.41. The van der Waals surface area contributed by atoms with E-state index in [0.717, 1.165) is 42.2 Å². The van der Waals surface area contributed by atoms with Gasteiger partial charge in [0, 0.05) is 30.9 Å². The molecule has 0 unspecified atom stereocenters. The van der Waals surface area contributed by atoms with Crippen molar-refractivity contribution in [3.63, 3.8) is 0 Å². The average molecular weight is 352 g/mol. The van der Waals surface area contributed by atoms with Crippen LogP contribution in [0.25, 0.3) is 21.8 Å². The fourth-order valence-corrected chi connectivity index (χ4v) is 3.99. The van der Waals surface area contributed by atoms with Crippen LogP contribution >= 0.6 is 0 Å². The SMILES string of the molecule is CC1CCN(C(=O)[C@@H](C)n2c3ccccc3c3cnn(C)c(=O)c32)CC1. The Morgan fingerprint density at radius 2 is 1.88 bits per heavy atom. The molecule has 3 heterocycles. The number of nitrogens with zero attached hydrogens (tertiary/aromatic N) is 4. The van der Waals surface area contributed by atoms with E-state index in [1.807, 2.05) is 40.7 Å². The lowest BCUT2D eigenvalue weighted by atomic mass is 9.99. The van der Waals surface area contributed by atoms with Gasteiger partial charge in [0.1, 0.15) is 11.6 Å². The van der Waals surface area contributed by atoms with Crippen LogP contribution in [0.5, 0.6) is 0 Å². The molecule has 136 valence electrons.